The zero-order valence-electron chi connectivity index (χ0n) is 14.1. The van der Waals surface area contributed by atoms with Gasteiger partial charge in [0.15, 0.2) is 5.96 Å². The number of hydrogen-bond donors (Lipinski definition) is 2. The predicted octanol–water partition coefficient (Wildman–Crippen LogP) is 2.69. The van der Waals surface area contributed by atoms with Gasteiger partial charge in [-0.25, -0.2) is 0 Å². The molecule has 5 nitrogen and oxygen atoms in total. The average Bonchev–Trinajstić information content (AvgIpc) is 2.59. The van der Waals surface area contributed by atoms with Gasteiger partial charge < -0.3 is 15.4 Å². The van der Waals surface area contributed by atoms with Crippen molar-refractivity contribution in [3.8, 4) is 5.75 Å². The van der Waals surface area contributed by atoms with Crippen molar-refractivity contribution in [3.63, 3.8) is 0 Å². The molecule has 1 aromatic rings. The van der Waals surface area contributed by atoms with Gasteiger partial charge in [-0.05, 0) is 37.1 Å². The number of rotatable bonds is 7. The van der Waals surface area contributed by atoms with E-state index >= 15 is 0 Å². The molecule has 1 aliphatic carbocycles. The minimum atomic E-state index is 0.526. The fourth-order valence-corrected chi connectivity index (χ4v) is 4.00. The van der Waals surface area contributed by atoms with E-state index in [0.29, 0.717) is 19.2 Å². The number of thioether (sulfide) groups is 1. The molecule has 1 saturated carbocycles. The summed E-state index contributed by atoms with van der Waals surface area (Å²) in [6.07, 6.45) is 8.57. The molecule has 1 fully saturated rings. The Morgan fingerprint density at radius 2 is 2.39 bits per heavy atom. The number of guanidine groups is 1. The Hall–Kier alpha value is -1.43. The molecule has 1 heterocycles. The van der Waals surface area contributed by atoms with E-state index in [1.54, 1.807) is 12.4 Å². The maximum atomic E-state index is 5.63. The highest BCUT2D eigenvalue weighted by Gasteiger charge is 2.22. The Morgan fingerprint density at radius 1 is 1.48 bits per heavy atom. The monoisotopic (exact) mass is 336 g/mol. The van der Waals surface area contributed by atoms with Crippen LogP contribution in [0.25, 0.3) is 0 Å². The lowest BCUT2D eigenvalue weighted by Crippen LogP contribution is -2.46. The molecule has 0 amide bonds. The average molecular weight is 337 g/mol. The lowest BCUT2D eigenvalue weighted by molar-refractivity contribution is 0.320. The number of nitrogens with zero attached hydrogens (tertiary/aromatic N) is 2. The lowest BCUT2D eigenvalue weighted by atomic mass is 9.95. The number of hydrogen-bond acceptors (Lipinski definition) is 4. The number of pyridine rings is 1. The molecule has 6 heteroatoms. The molecular formula is C17H28N4OS. The first-order valence-corrected chi connectivity index (χ1v) is 9.48. The van der Waals surface area contributed by atoms with Crippen molar-refractivity contribution >= 4 is 17.7 Å². The highest BCUT2D eigenvalue weighted by Crippen LogP contribution is 2.28. The van der Waals surface area contributed by atoms with E-state index in [2.05, 4.69) is 39.3 Å². The fraction of sp³-hybridized carbons (Fsp3) is 0.647. The highest BCUT2D eigenvalue weighted by molar-refractivity contribution is 7.99. The van der Waals surface area contributed by atoms with Gasteiger partial charge in [-0.15, -0.1) is 0 Å². The molecule has 1 aliphatic rings. The van der Waals surface area contributed by atoms with Crippen LogP contribution in [-0.2, 0) is 0 Å². The van der Waals surface area contributed by atoms with Gasteiger partial charge in [-0.1, -0.05) is 13.3 Å². The molecule has 1 aromatic heterocycles. The first-order chi connectivity index (χ1) is 11.3. The van der Waals surface area contributed by atoms with Crippen molar-refractivity contribution in [1.29, 1.82) is 0 Å². The fourth-order valence-electron chi connectivity index (χ4n) is 2.82. The largest absolute Gasteiger partial charge is 0.490 e. The molecule has 2 N–H and O–H groups in total. The third kappa shape index (κ3) is 6.69. The van der Waals surface area contributed by atoms with Crippen molar-refractivity contribution in [2.75, 3.05) is 26.0 Å². The quantitative estimate of drug-likeness (QED) is 0.455. The summed E-state index contributed by atoms with van der Waals surface area (Å²) in [4.78, 5) is 8.35. The Bertz CT molecular complexity index is 467. The molecular weight excluding hydrogens is 308 g/mol. The summed E-state index contributed by atoms with van der Waals surface area (Å²) in [6, 6.07) is 4.31. The van der Waals surface area contributed by atoms with Crippen LogP contribution in [0.1, 0.15) is 32.6 Å². The minimum absolute atomic E-state index is 0.526. The first kappa shape index (κ1) is 17.9. The maximum absolute atomic E-state index is 5.63. The summed E-state index contributed by atoms with van der Waals surface area (Å²) in [6.45, 7) is 3.55. The number of aromatic nitrogens is 1. The van der Waals surface area contributed by atoms with Crippen LogP contribution in [0.3, 0.4) is 0 Å². The van der Waals surface area contributed by atoms with Gasteiger partial charge in [0.25, 0.3) is 0 Å². The van der Waals surface area contributed by atoms with Gasteiger partial charge in [-0.2, -0.15) is 11.8 Å². The highest BCUT2D eigenvalue weighted by atomic mass is 32.2. The van der Waals surface area contributed by atoms with Crippen LogP contribution in [-0.4, -0.2) is 48.2 Å². The Kier molecular flexibility index (Phi) is 8.07. The smallest absolute Gasteiger partial charge is 0.191 e. The van der Waals surface area contributed by atoms with Gasteiger partial charge >= 0.3 is 0 Å². The van der Waals surface area contributed by atoms with Crippen molar-refractivity contribution in [1.82, 2.24) is 15.6 Å². The van der Waals surface area contributed by atoms with Crippen molar-refractivity contribution < 1.29 is 4.74 Å². The van der Waals surface area contributed by atoms with Crippen LogP contribution in [0.15, 0.2) is 29.5 Å². The number of ether oxygens (including phenoxy) is 1. The molecule has 0 aliphatic heterocycles. The lowest BCUT2D eigenvalue weighted by Gasteiger charge is -2.30. The molecule has 2 atom stereocenters. The molecule has 0 spiro atoms. The zero-order valence-corrected chi connectivity index (χ0v) is 14.9. The molecule has 2 unspecified atom stereocenters. The van der Waals surface area contributed by atoms with Crippen LogP contribution in [0.5, 0.6) is 5.75 Å². The summed E-state index contributed by atoms with van der Waals surface area (Å²) in [5.74, 6) is 2.87. The van der Waals surface area contributed by atoms with E-state index in [1.807, 2.05) is 19.2 Å². The number of aliphatic imine (C=N–C) groups is 1. The minimum Gasteiger partial charge on any atom is -0.490 e. The Labute approximate surface area is 143 Å². The van der Waals surface area contributed by atoms with Gasteiger partial charge in [-0.3, -0.25) is 9.98 Å². The summed E-state index contributed by atoms with van der Waals surface area (Å²) in [5.41, 5.74) is 0. The second-order valence-corrected chi connectivity index (χ2v) is 7.20. The summed E-state index contributed by atoms with van der Waals surface area (Å²) in [5, 5.41) is 7.66. The van der Waals surface area contributed by atoms with E-state index in [4.69, 9.17) is 4.74 Å². The second kappa shape index (κ2) is 10.4. The van der Waals surface area contributed by atoms with Gasteiger partial charge in [0, 0.05) is 24.5 Å². The SMILES string of the molecule is CCSC1CCCC(NC(=NC)NCCOc2cccnc2)C1. The van der Waals surface area contributed by atoms with Crippen molar-refractivity contribution in [2.45, 2.75) is 43.9 Å². The third-order valence-corrected chi connectivity index (χ3v) is 5.12. The van der Waals surface area contributed by atoms with Crippen LogP contribution in [0, 0.1) is 0 Å². The summed E-state index contributed by atoms with van der Waals surface area (Å²) < 4.78 is 5.63. The maximum Gasteiger partial charge on any atom is 0.191 e. The molecule has 128 valence electrons. The summed E-state index contributed by atoms with van der Waals surface area (Å²) in [7, 11) is 1.82. The van der Waals surface area contributed by atoms with E-state index in [-0.39, 0.29) is 0 Å². The Balaban J connectivity index is 1.67. The van der Waals surface area contributed by atoms with E-state index < -0.39 is 0 Å². The molecule has 0 aromatic carbocycles. The van der Waals surface area contributed by atoms with E-state index in [0.717, 1.165) is 17.0 Å². The summed E-state index contributed by atoms with van der Waals surface area (Å²) >= 11 is 2.08. The zero-order chi connectivity index (χ0) is 16.3. The molecule has 0 radical (unpaired) electrons. The van der Waals surface area contributed by atoms with Gasteiger partial charge in [0.05, 0.1) is 12.7 Å². The standard InChI is InChI=1S/C17H28N4OS/c1-3-23-16-8-4-6-14(12-16)21-17(18-2)20-10-11-22-15-7-5-9-19-13-15/h5,7,9,13-14,16H,3-4,6,8,10-12H2,1-2H3,(H2,18,20,21). The second-order valence-electron chi connectivity index (χ2n) is 5.62. The molecule has 0 saturated heterocycles. The van der Waals surface area contributed by atoms with Gasteiger partial charge in [0.1, 0.15) is 12.4 Å². The molecule has 2 rings (SSSR count). The van der Waals surface area contributed by atoms with Crippen molar-refractivity contribution in [2.24, 2.45) is 4.99 Å². The van der Waals surface area contributed by atoms with E-state index in [1.165, 1.54) is 31.4 Å². The van der Waals surface area contributed by atoms with E-state index in [9.17, 15) is 0 Å². The van der Waals surface area contributed by atoms with Crippen LogP contribution in [0.2, 0.25) is 0 Å². The molecule has 0 bridgehead atoms. The van der Waals surface area contributed by atoms with Crippen LogP contribution < -0.4 is 15.4 Å². The third-order valence-electron chi connectivity index (χ3n) is 3.89. The predicted molar refractivity (Wildman–Crippen MR) is 98.4 cm³/mol. The van der Waals surface area contributed by atoms with Crippen LogP contribution >= 0.6 is 11.8 Å². The molecule has 23 heavy (non-hydrogen) atoms. The normalized spacial score (nSPS) is 21.7. The topological polar surface area (TPSA) is 58.5 Å². The van der Waals surface area contributed by atoms with Gasteiger partial charge in [0.2, 0.25) is 0 Å². The van der Waals surface area contributed by atoms with Crippen LogP contribution in [0.4, 0.5) is 0 Å². The first-order valence-electron chi connectivity index (χ1n) is 8.43. The number of nitrogens with one attached hydrogen (secondary N) is 2. The Morgan fingerprint density at radius 3 is 3.13 bits per heavy atom. The van der Waals surface area contributed by atoms with Crippen molar-refractivity contribution in [3.05, 3.63) is 24.5 Å².